The second kappa shape index (κ2) is 6.99. The number of benzene rings is 1. The van der Waals surface area contributed by atoms with Crippen molar-refractivity contribution in [2.45, 2.75) is 0 Å². The molecule has 102 valence electrons. The molecule has 1 heterocycles. The van der Waals surface area contributed by atoms with Gasteiger partial charge in [-0.3, -0.25) is 9.78 Å². The van der Waals surface area contributed by atoms with Gasteiger partial charge < -0.3 is 4.74 Å². The van der Waals surface area contributed by atoms with E-state index in [4.69, 9.17) is 4.74 Å². The van der Waals surface area contributed by atoms with Crippen LogP contribution >= 0.6 is 22.6 Å². The molecule has 2 aromatic rings. The molecule has 0 bridgehead atoms. The van der Waals surface area contributed by atoms with Crippen LogP contribution in [0, 0.1) is 3.57 Å². The molecular formula is C14H12IN3O2. The van der Waals surface area contributed by atoms with Crippen molar-refractivity contribution >= 4 is 34.7 Å². The van der Waals surface area contributed by atoms with Crippen molar-refractivity contribution < 1.29 is 9.53 Å². The Hall–Kier alpha value is -1.96. The fourth-order valence-electron chi connectivity index (χ4n) is 1.50. The minimum atomic E-state index is -0.271. The Morgan fingerprint density at radius 2 is 2.10 bits per heavy atom. The zero-order valence-corrected chi connectivity index (χ0v) is 12.9. The van der Waals surface area contributed by atoms with Gasteiger partial charge in [-0.1, -0.05) is 0 Å². The van der Waals surface area contributed by atoms with E-state index in [1.807, 2.05) is 18.2 Å². The van der Waals surface area contributed by atoms with E-state index in [1.165, 1.54) is 0 Å². The molecule has 1 amide bonds. The molecule has 0 saturated carbocycles. The summed E-state index contributed by atoms with van der Waals surface area (Å²) in [7, 11) is 1.63. The zero-order valence-electron chi connectivity index (χ0n) is 10.7. The maximum absolute atomic E-state index is 11.7. The number of ether oxygens (including phenoxy) is 1. The van der Waals surface area contributed by atoms with E-state index in [0.29, 0.717) is 5.56 Å². The first-order valence-electron chi connectivity index (χ1n) is 5.77. The Morgan fingerprint density at radius 1 is 1.35 bits per heavy atom. The molecule has 1 aromatic heterocycles. The summed E-state index contributed by atoms with van der Waals surface area (Å²) in [6.45, 7) is 0. The molecule has 1 N–H and O–H groups in total. The molecule has 0 aliphatic heterocycles. The SMILES string of the molecule is COc1ccc(C=NNC(=O)c2ccncc2)cc1I. The molecule has 0 aliphatic carbocycles. The number of hydrazone groups is 1. The molecule has 1 aromatic carbocycles. The summed E-state index contributed by atoms with van der Waals surface area (Å²) < 4.78 is 6.15. The number of carbonyl (C=O) groups excluding carboxylic acids is 1. The smallest absolute Gasteiger partial charge is 0.271 e. The molecule has 0 unspecified atom stereocenters. The number of nitrogens with zero attached hydrogens (tertiary/aromatic N) is 2. The predicted octanol–water partition coefficient (Wildman–Crippen LogP) is 2.46. The van der Waals surface area contributed by atoms with Gasteiger partial charge in [-0.15, -0.1) is 0 Å². The van der Waals surface area contributed by atoms with Crippen molar-refractivity contribution in [3.05, 3.63) is 57.4 Å². The van der Waals surface area contributed by atoms with Gasteiger partial charge in [0, 0.05) is 18.0 Å². The van der Waals surface area contributed by atoms with Crippen LogP contribution in [-0.2, 0) is 0 Å². The molecule has 0 aliphatic rings. The summed E-state index contributed by atoms with van der Waals surface area (Å²) in [6, 6.07) is 8.89. The van der Waals surface area contributed by atoms with Gasteiger partial charge in [-0.25, -0.2) is 5.43 Å². The summed E-state index contributed by atoms with van der Waals surface area (Å²) in [4.78, 5) is 15.6. The second-order valence-electron chi connectivity index (χ2n) is 3.83. The first-order chi connectivity index (χ1) is 9.70. The lowest BCUT2D eigenvalue weighted by atomic mass is 10.2. The van der Waals surface area contributed by atoms with Crippen molar-refractivity contribution in [1.82, 2.24) is 10.4 Å². The van der Waals surface area contributed by atoms with Crippen molar-refractivity contribution in [1.29, 1.82) is 0 Å². The van der Waals surface area contributed by atoms with Crippen LogP contribution in [0.25, 0.3) is 0 Å². The number of hydrogen-bond acceptors (Lipinski definition) is 4. The van der Waals surface area contributed by atoms with Crippen LogP contribution in [0.4, 0.5) is 0 Å². The van der Waals surface area contributed by atoms with Gasteiger partial charge >= 0.3 is 0 Å². The van der Waals surface area contributed by atoms with E-state index in [9.17, 15) is 4.79 Å². The van der Waals surface area contributed by atoms with Crippen molar-refractivity contribution in [3.63, 3.8) is 0 Å². The van der Waals surface area contributed by atoms with Gasteiger partial charge in [0.05, 0.1) is 16.9 Å². The number of pyridine rings is 1. The highest BCUT2D eigenvalue weighted by Crippen LogP contribution is 2.20. The molecule has 6 heteroatoms. The lowest BCUT2D eigenvalue weighted by Crippen LogP contribution is -2.17. The van der Waals surface area contributed by atoms with Crippen LogP contribution in [0.5, 0.6) is 5.75 Å². The van der Waals surface area contributed by atoms with Gasteiger partial charge in [0.25, 0.3) is 5.91 Å². The molecule has 0 spiro atoms. The summed E-state index contributed by atoms with van der Waals surface area (Å²) in [6.07, 6.45) is 4.70. The number of nitrogens with one attached hydrogen (secondary N) is 1. The molecule has 0 radical (unpaired) electrons. The fourth-order valence-corrected chi connectivity index (χ4v) is 2.26. The summed E-state index contributed by atoms with van der Waals surface area (Å²) in [5.74, 6) is 0.537. The monoisotopic (exact) mass is 381 g/mol. The van der Waals surface area contributed by atoms with Crippen LogP contribution in [0.15, 0.2) is 47.8 Å². The minimum Gasteiger partial charge on any atom is -0.496 e. The highest BCUT2D eigenvalue weighted by atomic mass is 127. The Bertz CT molecular complexity index is 630. The second-order valence-corrected chi connectivity index (χ2v) is 4.99. The molecule has 0 fully saturated rings. The summed E-state index contributed by atoms with van der Waals surface area (Å²) in [5, 5.41) is 3.93. The molecular weight excluding hydrogens is 369 g/mol. The Balaban J connectivity index is 2.00. The van der Waals surface area contributed by atoms with Gasteiger partial charge in [0.2, 0.25) is 0 Å². The van der Waals surface area contributed by atoms with Crippen LogP contribution < -0.4 is 10.2 Å². The lowest BCUT2D eigenvalue weighted by molar-refractivity contribution is 0.0955. The normalized spacial score (nSPS) is 10.5. The number of rotatable bonds is 4. The zero-order chi connectivity index (χ0) is 14.4. The third kappa shape index (κ3) is 3.77. The minimum absolute atomic E-state index is 0.271. The van der Waals surface area contributed by atoms with Gasteiger partial charge in [0.15, 0.2) is 0 Å². The Kier molecular flexibility index (Phi) is 5.05. The average Bonchev–Trinajstić information content (AvgIpc) is 2.48. The number of methoxy groups -OCH3 is 1. The number of amides is 1. The third-order valence-electron chi connectivity index (χ3n) is 2.50. The van der Waals surface area contributed by atoms with Crippen molar-refractivity contribution in [3.8, 4) is 5.75 Å². The first-order valence-corrected chi connectivity index (χ1v) is 6.85. The standard InChI is InChI=1S/C14H12IN3O2/c1-20-13-3-2-10(8-12(13)15)9-17-18-14(19)11-4-6-16-7-5-11/h2-9H,1H3,(H,18,19). The van der Waals surface area contributed by atoms with E-state index in [-0.39, 0.29) is 5.91 Å². The number of carbonyl (C=O) groups is 1. The van der Waals surface area contributed by atoms with Crippen LogP contribution in [0.2, 0.25) is 0 Å². The summed E-state index contributed by atoms with van der Waals surface area (Å²) >= 11 is 2.18. The van der Waals surface area contributed by atoms with E-state index in [1.54, 1.807) is 37.9 Å². The highest BCUT2D eigenvalue weighted by Gasteiger charge is 2.02. The molecule has 20 heavy (non-hydrogen) atoms. The fraction of sp³-hybridized carbons (Fsp3) is 0.0714. The van der Waals surface area contributed by atoms with Gasteiger partial charge in [0.1, 0.15) is 5.75 Å². The van der Waals surface area contributed by atoms with Gasteiger partial charge in [-0.2, -0.15) is 5.10 Å². The van der Waals surface area contributed by atoms with Crippen LogP contribution in [-0.4, -0.2) is 24.2 Å². The Labute approximate surface area is 130 Å². The molecule has 0 saturated heterocycles. The summed E-state index contributed by atoms with van der Waals surface area (Å²) in [5.41, 5.74) is 3.86. The first kappa shape index (κ1) is 14.4. The molecule has 2 rings (SSSR count). The maximum Gasteiger partial charge on any atom is 0.271 e. The van der Waals surface area contributed by atoms with Crippen molar-refractivity contribution in [2.24, 2.45) is 5.10 Å². The quantitative estimate of drug-likeness (QED) is 0.503. The van der Waals surface area contributed by atoms with E-state index in [2.05, 4.69) is 38.1 Å². The van der Waals surface area contributed by atoms with Crippen molar-refractivity contribution in [2.75, 3.05) is 7.11 Å². The maximum atomic E-state index is 11.7. The number of aromatic nitrogens is 1. The van der Waals surface area contributed by atoms with E-state index < -0.39 is 0 Å². The highest BCUT2D eigenvalue weighted by molar-refractivity contribution is 14.1. The van der Waals surface area contributed by atoms with E-state index in [0.717, 1.165) is 14.9 Å². The average molecular weight is 381 g/mol. The number of hydrogen-bond donors (Lipinski definition) is 1. The topological polar surface area (TPSA) is 63.6 Å². The number of halogens is 1. The lowest BCUT2D eigenvalue weighted by Gasteiger charge is -2.03. The third-order valence-corrected chi connectivity index (χ3v) is 3.34. The Morgan fingerprint density at radius 3 is 2.75 bits per heavy atom. The predicted molar refractivity (Wildman–Crippen MR) is 85.0 cm³/mol. The molecule has 0 atom stereocenters. The van der Waals surface area contributed by atoms with Gasteiger partial charge in [-0.05, 0) is 58.5 Å². The molecule has 5 nitrogen and oxygen atoms in total. The van der Waals surface area contributed by atoms with Crippen LogP contribution in [0.1, 0.15) is 15.9 Å². The van der Waals surface area contributed by atoms with Crippen LogP contribution in [0.3, 0.4) is 0 Å². The van der Waals surface area contributed by atoms with E-state index >= 15 is 0 Å². The largest absolute Gasteiger partial charge is 0.496 e.